The maximum Gasteiger partial charge on any atom is 0.326 e. The molecule has 14 heteroatoms. The summed E-state index contributed by atoms with van der Waals surface area (Å²) < 4.78 is 24.9. The third-order valence-electron chi connectivity index (χ3n) is 7.37. The number of likely N-dealkylation sites (tertiary alicyclic amines) is 1. The number of carboxylic acid groups (broad SMARTS) is 1. The zero-order chi connectivity index (χ0) is 32.8. The van der Waals surface area contributed by atoms with Gasteiger partial charge in [-0.05, 0) is 54.1 Å². The number of benzene rings is 3. The minimum Gasteiger partial charge on any atom is -0.491 e. The monoisotopic (exact) mass is 654 g/mol. The molecule has 46 heavy (non-hydrogen) atoms. The van der Waals surface area contributed by atoms with E-state index < -0.39 is 42.7 Å². The maximum absolute atomic E-state index is 13.5. The number of aliphatic hydroxyl groups is 3. The number of carbonyl (C=O) groups is 2. The van der Waals surface area contributed by atoms with E-state index in [4.69, 9.17) is 21.1 Å². The molecule has 5 N–H and O–H groups in total. The quantitative estimate of drug-likeness (QED) is 0.142. The normalized spacial score (nSPS) is 17.5. The summed E-state index contributed by atoms with van der Waals surface area (Å²) in [6, 6.07) is 15.1. The van der Waals surface area contributed by atoms with E-state index in [-0.39, 0.29) is 38.4 Å². The van der Waals surface area contributed by atoms with Crippen LogP contribution in [0.3, 0.4) is 0 Å². The van der Waals surface area contributed by atoms with E-state index >= 15 is 0 Å². The molecule has 0 aliphatic carbocycles. The third kappa shape index (κ3) is 8.37. The van der Waals surface area contributed by atoms with Crippen molar-refractivity contribution in [3.05, 3.63) is 83.4 Å². The standard InChI is InChI=1S/C32H32ClFN4O8/c33-26-9-20(4-7-29(26)46-15-18-2-1-3-19(34)8-18)37-31-25-13-24(5-6-27(25)35-17-36-31)45-16-23(41)10-21(39)12-30(42)38-14-22(40)11-28(38)32(43)44/h1-9,13,17,21-23,28,39-41H,10-12,14-16H2,(H,43,44)(H,35,36,37). The average molecular weight is 655 g/mol. The summed E-state index contributed by atoms with van der Waals surface area (Å²) in [5.74, 6) is -0.920. The highest BCUT2D eigenvalue weighted by Gasteiger charge is 2.39. The van der Waals surface area contributed by atoms with Crippen LogP contribution in [-0.2, 0) is 16.2 Å². The minimum absolute atomic E-state index is 0.0735. The highest BCUT2D eigenvalue weighted by Crippen LogP contribution is 2.32. The number of ether oxygens (including phenoxy) is 2. The third-order valence-corrected chi connectivity index (χ3v) is 7.66. The average Bonchev–Trinajstić information content (AvgIpc) is 3.42. The van der Waals surface area contributed by atoms with Crippen LogP contribution in [0.15, 0.2) is 67.0 Å². The molecule has 1 amide bonds. The molecule has 242 valence electrons. The van der Waals surface area contributed by atoms with Gasteiger partial charge in [0.05, 0.1) is 35.3 Å². The molecule has 1 saturated heterocycles. The van der Waals surface area contributed by atoms with Gasteiger partial charge in [0.1, 0.15) is 48.7 Å². The number of anilines is 2. The molecule has 1 fully saturated rings. The van der Waals surface area contributed by atoms with Crippen LogP contribution in [0.2, 0.25) is 5.02 Å². The van der Waals surface area contributed by atoms with Crippen molar-refractivity contribution in [2.75, 3.05) is 18.5 Å². The number of hydrogen-bond donors (Lipinski definition) is 5. The Kier molecular flexibility index (Phi) is 10.5. The Labute approximate surface area is 268 Å². The minimum atomic E-state index is -1.25. The van der Waals surface area contributed by atoms with Gasteiger partial charge >= 0.3 is 5.97 Å². The SMILES string of the molecule is O=C(O)C1CC(O)CN1C(=O)CC(O)CC(O)COc1ccc2ncnc(Nc3ccc(OCc4cccc(F)c4)c(Cl)c3)c2c1. The molecular weight excluding hydrogens is 623 g/mol. The Morgan fingerprint density at radius 3 is 2.65 bits per heavy atom. The molecule has 1 aromatic heterocycles. The van der Waals surface area contributed by atoms with Crippen LogP contribution < -0.4 is 14.8 Å². The van der Waals surface area contributed by atoms with Crippen LogP contribution in [0, 0.1) is 5.82 Å². The Bertz CT molecular complexity index is 1710. The molecule has 5 rings (SSSR count). The van der Waals surface area contributed by atoms with Crippen LogP contribution >= 0.6 is 11.6 Å². The Morgan fingerprint density at radius 2 is 1.89 bits per heavy atom. The van der Waals surface area contributed by atoms with Crippen molar-refractivity contribution in [1.29, 1.82) is 0 Å². The van der Waals surface area contributed by atoms with Gasteiger partial charge in [0, 0.05) is 30.5 Å². The topological polar surface area (TPSA) is 175 Å². The predicted octanol–water partition coefficient (Wildman–Crippen LogP) is 3.67. The second-order valence-corrected chi connectivity index (χ2v) is 11.3. The number of nitrogens with zero attached hydrogens (tertiary/aromatic N) is 3. The summed E-state index contributed by atoms with van der Waals surface area (Å²) in [6.07, 6.45) is -2.59. The Balaban J connectivity index is 1.17. The number of carboxylic acids is 1. The first-order valence-electron chi connectivity index (χ1n) is 14.4. The van der Waals surface area contributed by atoms with Gasteiger partial charge in [0.15, 0.2) is 0 Å². The maximum atomic E-state index is 13.5. The molecule has 12 nitrogen and oxygen atoms in total. The number of aliphatic carboxylic acids is 1. The second-order valence-electron chi connectivity index (χ2n) is 10.9. The van der Waals surface area contributed by atoms with Crippen molar-refractivity contribution in [3.8, 4) is 11.5 Å². The van der Waals surface area contributed by atoms with E-state index in [2.05, 4.69) is 15.3 Å². The van der Waals surface area contributed by atoms with Gasteiger partial charge in [-0.25, -0.2) is 19.2 Å². The second kappa shape index (κ2) is 14.7. The van der Waals surface area contributed by atoms with E-state index in [9.17, 15) is 34.4 Å². The summed E-state index contributed by atoms with van der Waals surface area (Å²) in [7, 11) is 0. The number of aromatic nitrogens is 2. The number of rotatable bonds is 13. The van der Waals surface area contributed by atoms with Crippen molar-refractivity contribution in [2.24, 2.45) is 0 Å². The Hall–Kier alpha value is -4.56. The summed E-state index contributed by atoms with van der Waals surface area (Å²) in [4.78, 5) is 33.6. The lowest BCUT2D eigenvalue weighted by Gasteiger charge is -2.23. The van der Waals surface area contributed by atoms with Crippen LogP contribution in [0.25, 0.3) is 10.9 Å². The summed E-state index contributed by atoms with van der Waals surface area (Å²) in [5.41, 5.74) is 1.90. The van der Waals surface area contributed by atoms with Gasteiger partial charge in [0.2, 0.25) is 5.91 Å². The lowest BCUT2D eigenvalue weighted by Crippen LogP contribution is -2.42. The van der Waals surface area contributed by atoms with Gasteiger partial charge in [-0.2, -0.15) is 0 Å². The fourth-order valence-corrected chi connectivity index (χ4v) is 5.38. The van der Waals surface area contributed by atoms with Crippen molar-refractivity contribution >= 4 is 45.9 Å². The van der Waals surface area contributed by atoms with Gasteiger partial charge in [-0.15, -0.1) is 0 Å². The lowest BCUT2D eigenvalue weighted by molar-refractivity contribution is -0.149. The fourth-order valence-electron chi connectivity index (χ4n) is 5.15. The van der Waals surface area contributed by atoms with E-state index in [1.165, 1.54) is 18.5 Å². The zero-order valence-corrected chi connectivity index (χ0v) is 25.2. The van der Waals surface area contributed by atoms with Crippen LogP contribution in [0.4, 0.5) is 15.9 Å². The molecule has 3 aromatic carbocycles. The van der Waals surface area contributed by atoms with Crippen LogP contribution in [-0.4, -0.2) is 84.7 Å². The first kappa shape index (κ1) is 32.8. The van der Waals surface area contributed by atoms with Gasteiger partial charge in [-0.3, -0.25) is 4.79 Å². The van der Waals surface area contributed by atoms with Crippen LogP contribution in [0.5, 0.6) is 11.5 Å². The van der Waals surface area contributed by atoms with Gasteiger partial charge in [0.25, 0.3) is 0 Å². The summed E-state index contributed by atoms with van der Waals surface area (Å²) >= 11 is 6.44. The first-order chi connectivity index (χ1) is 22.0. The van der Waals surface area contributed by atoms with Gasteiger partial charge < -0.3 is 40.1 Å². The number of fused-ring (bicyclic) bond motifs is 1. The summed E-state index contributed by atoms with van der Waals surface area (Å²) in [6.45, 7) is -0.173. The molecule has 0 saturated carbocycles. The van der Waals surface area contributed by atoms with E-state index in [0.717, 1.165) is 4.90 Å². The predicted molar refractivity (Wildman–Crippen MR) is 166 cm³/mol. The molecule has 1 aliphatic rings. The molecule has 2 heterocycles. The molecule has 0 bridgehead atoms. The number of halogens is 2. The molecule has 0 spiro atoms. The fraction of sp³-hybridized carbons (Fsp3) is 0.312. The lowest BCUT2D eigenvalue weighted by atomic mass is 10.1. The number of amides is 1. The number of β-amino-alcohol motifs (C(OH)–C–C–N with tert-alkyl or cyclic N) is 1. The molecule has 4 aromatic rings. The number of nitrogens with one attached hydrogen (secondary N) is 1. The number of aliphatic hydroxyl groups excluding tert-OH is 3. The number of hydrogen-bond acceptors (Lipinski definition) is 10. The Morgan fingerprint density at radius 1 is 1.07 bits per heavy atom. The largest absolute Gasteiger partial charge is 0.491 e. The van der Waals surface area contributed by atoms with Crippen LogP contribution in [0.1, 0.15) is 24.8 Å². The van der Waals surface area contributed by atoms with E-state index in [0.29, 0.717) is 44.5 Å². The van der Waals surface area contributed by atoms with Crippen molar-refractivity contribution in [3.63, 3.8) is 0 Å². The van der Waals surface area contributed by atoms with Crippen molar-refractivity contribution in [2.45, 2.75) is 50.2 Å². The highest BCUT2D eigenvalue weighted by molar-refractivity contribution is 6.32. The molecule has 0 radical (unpaired) electrons. The number of carbonyl (C=O) groups excluding carboxylic acids is 1. The van der Waals surface area contributed by atoms with E-state index in [1.807, 2.05) is 0 Å². The van der Waals surface area contributed by atoms with Crippen molar-refractivity contribution < 1.29 is 43.9 Å². The molecule has 4 unspecified atom stereocenters. The smallest absolute Gasteiger partial charge is 0.326 e. The molecule has 4 atom stereocenters. The zero-order valence-electron chi connectivity index (χ0n) is 24.4. The first-order valence-corrected chi connectivity index (χ1v) is 14.8. The summed E-state index contributed by atoms with van der Waals surface area (Å²) in [5, 5.41) is 44.0. The van der Waals surface area contributed by atoms with Crippen molar-refractivity contribution in [1.82, 2.24) is 14.9 Å². The highest BCUT2D eigenvalue weighted by atomic mass is 35.5. The van der Waals surface area contributed by atoms with Gasteiger partial charge in [-0.1, -0.05) is 23.7 Å². The molecular formula is C32H32ClFN4O8. The van der Waals surface area contributed by atoms with E-state index in [1.54, 1.807) is 48.5 Å². The molecule has 1 aliphatic heterocycles.